The summed E-state index contributed by atoms with van der Waals surface area (Å²) in [6, 6.07) is 14.8. The van der Waals surface area contributed by atoms with Crippen molar-refractivity contribution >= 4 is 17.7 Å². The summed E-state index contributed by atoms with van der Waals surface area (Å²) in [5.74, 6) is 0.0403. The SMILES string of the molecule is C[C@H](O)[C@H](CCc1ccccc1OCCCCCCN1C(=O)c2ccccc2C1=O)c1nc(C(N)=O)c[nH]1. The van der Waals surface area contributed by atoms with Gasteiger partial charge in [-0.25, -0.2) is 4.98 Å². The maximum atomic E-state index is 12.5. The number of benzene rings is 2. The van der Waals surface area contributed by atoms with E-state index < -0.39 is 12.0 Å². The number of aromatic amines is 1. The van der Waals surface area contributed by atoms with Crippen LogP contribution in [-0.4, -0.2) is 57.0 Å². The van der Waals surface area contributed by atoms with Gasteiger partial charge in [-0.15, -0.1) is 0 Å². The zero-order valence-corrected chi connectivity index (χ0v) is 21.6. The molecule has 9 heteroatoms. The zero-order chi connectivity index (χ0) is 27.1. The maximum absolute atomic E-state index is 12.5. The average Bonchev–Trinajstić information content (AvgIpc) is 3.49. The molecule has 200 valence electrons. The van der Waals surface area contributed by atoms with E-state index in [1.165, 1.54) is 11.1 Å². The number of para-hydroxylation sites is 1. The monoisotopic (exact) mass is 518 g/mol. The van der Waals surface area contributed by atoms with Gasteiger partial charge in [0.15, 0.2) is 0 Å². The number of amides is 3. The first-order valence-electron chi connectivity index (χ1n) is 13.1. The number of nitrogens with one attached hydrogen (secondary N) is 1. The number of unbranched alkanes of at least 4 members (excludes halogenated alkanes) is 3. The first-order chi connectivity index (χ1) is 18.4. The number of nitrogens with two attached hydrogens (primary N) is 1. The molecule has 0 unspecified atom stereocenters. The lowest BCUT2D eigenvalue weighted by atomic mass is 9.94. The summed E-state index contributed by atoms with van der Waals surface area (Å²) in [5.41, 5.74) is 7.46. The lowest BCUT2D eigenvalue weighted by Crippen LogP contribution is -2.30. The second kappa shape index (κ2) is 12.5. The summed E-state index contributed by atoms with van der Waals surface area (Å²) in [4.78, 5) is 44.8. The first-order valence-corrected chi connectivity index (χ1v) is 13.1. The van der Waals surface area contributed by atoms with E-state index in [0.717, 1.165) is 37.0 Å². The topological polar surface area (TPSA) is 139 Å². The number of ether oxygens (including phenoxy) is 1. The number of H-pyrrole nitrogens is 1. The van der Waals surface area contributed by atoms with Crippen molar-refractivity contribution in [3.8, 4) is 5.75 Å². The number of hydrogen-bond acceptors (Lipinski definition) is 6. The van der Waals surface area contributed by atoms with Crippen molar-refractivity contribution in [1.82, 2.24) is 14.9 Å². The minimum atomic E-state index is -0.657. The Balaban J connectivity index is 1.20. The van der Waals surface area contributed by atoms with Crippen molar-refractivity contribution in [2.45, 2.75) is 57.5 Å². The van der Waals surface area contributed by atoms with Gasteiger partial charge in [0.25, 0.3) is 17.7 Å². The second-order valence-electron chi connectivity index (χ2n) is 9.60. The number of aliphatic hydroxyl groups is 1. The number of fused-ring (bicyclic) bond motifs is 1. The quantitative estimate of drug-likeness (QED) is 0.219. The molecule has 4 rings (SSSR count). The second-order valence-corrected chi connectivity index (χ2v) is 9.60. The number of rotatable bonds is 14. The molecule has 1 aliphatic rings. The van der Waals surface area contributed by atoms with Gasteiger partial charge in [-0.05, 0) is 56.4 Å². The van der Waals surface area contributed by atoms with E-state index in [9.17, 15) is 19.5 Å². The molecule has 1 aromatic heterocycles. The van der Waals surface area contributed by atoms with Crippen LogP contribution in [0.1, 0.15) is 87.5 Å². The first kappa shape index (κ1) is 27.1. The third-order valence-corrected chi connectivity index (χ3v) is 6.89. The summed E-state index contributed by atoms with van der Waals surface area (Å²) in [6.07, 6.45) is 5.52. The highest BCUT2D eigenvalue weighted by molar-refractivity contribution is 6.21. The fourth-order valence-corrected chi connectivity index (χ4v) is 4.77. The van der Waals surface area contributed by atoms with Crippen LogP contribution in [0.25, 0.3) is 0 Å². The highest BCUT2D eigenvalue weighted by Crippen LogP contribution is 2.27. The van der Waals surface area contributed by atoms with Crippen LogP contribution >= 0.6 is 0 Å². The number of nitrogens with zero attached hydrogens (tertiary/aromatic N) is 2. The number of imide groups is 1. The number of aryl methyl sites for hydroxylation is 1. The van der Waals surface area contributed by atoms with Crippen LogP contribution < -0.4 is 10.5 Å². The molecule has 38 heavy (non-hydrogen) atoms. The maximum Gasteiger partial charge on any atom is 0.268 e. The predicted octanol–water partition coefficient (Wildman–Crippen LogP) is 3.84. The van der Waals surface area contributed by atoms with Gasteiger partial charge in [-0.2, -0.15) is 0 Å². The van der Waals surface area contributed by atoms with Crippen LogP contribution in [0.15, 0.2) is 54.7 Å². The number of carbonyl (C=O) groups excluding carboxylic acids is 3. The molecule has 0 saturated carbocycles. The smallest absolute Gasteiger partial charge is 0.268 e. The van der Waals surface area contributed by atoms with Crippen LogP contribution in [0.2, 0.25) is 0 Å². The van der Waals surface area contributed by atoms with Gasteiger partial charge < -0.3 is 20.6 Å². The van der Waals surface area contributed by atoms with E-state index in [2.05, 4.69) is 9.97 Å². The fourth-order valence-electron chi connectivity index (χ4n) is 4.77. The Labute approximate surface area is 222 Å². The predicted molar refractivity (Wildman–Crippen MR) is 142 cm³/mol. The van der Waals surface area contributed by atoms with Crippen molar-refractivity contribution in [3.05, 3.63) is 82.9 Å². The van der Waals surface area contributed by atoms with Crippen LogP contribution in [0.3, 0.4) is 0 Å². The Hall–Kier alpha value is -3.98. The number of hydrogen-bond donors (Lipinski definition) is 3. The summed E-state index contributed by atoms with van der Waals surface area (Å²) < 4.78 is 6.06. The van der Waals surface area contributed by atoms with E-state index in [-0.39, 0.29) is 23.4 Å². The van der Waals surface area contributed by atoms with Crippen molar-refractivity contribution in [3.63, 3.8) is 0 Å². The van der Waals surface area contributed by atoms with Gasteiger partial charge >= 0.3 is 0 Å². The molecular weight excluding hydrogens is 484 g/mol. The van der Waals surface area contributed by atoms with Crippen molar-refractivity contribution in [2.75, 3.05) is 13.2 Å². The third kappa shape index (κ3) is 6.28. The van der Waals surface area contributed by atoms with Crippen molar-refractivity contribution in [1.29, 1.82) is 0 Å². The summed E-state index contributed by atoms with van der Waals surface area (Å²) >= 11 is 0. The molecule has 0 aliphatic carbocycles. The minimum Gasteiger partial charge on any atom is -0.493 e. The molecule has 2 atom stereocenters. The van der Waals surface area contributed by atoms with E-state index in [1.54, 1.807) is 31.2 Å². The zero-order valence-electron chi connectivity index (χ0n) is 21.6. The van der Waals surface area contributed by atoms with Crippen molar-refractivity contribution < 1.29 is 24.2 Å². The van der Waals surface area contributed by atoms with Gasteiger partial charge in [0.2, 0.25) is 0 Å². The molecule has 2 heterocycles. The van der Waals surface area contributed by atoms with Crippen LogP contribution in [0, 0.1) is 0 Å². The fraction of sp³-hybridized carbons (Fsp3) is 0.379. The van der Waals surface area contributed by atoms with Gasteiger partial charge in [0.05, 0.1) is 23.8 Å². The molecule has 0 bridgehead atoms. The Morgan fingerprint density at radius 2 is 1.68 bits per heavy atom. The molecule has 1 aliphatic heterocycles. The number of aliphatic hydroxyl groups excluding tert-OH is 1. The standard InChI is InChI=1S/C29H34N4O5/c1-19(34)21(27-31-18-24(32-27)26(30)35)15-14-20-10-4-7-13-25(20)38-17-9-3-2-8-16-33-28(36)22-11-5-6-12-23(22)29(33)37/h4-7,10-13,18-19,21,34H,2-3,8-9,14-17H2,1H3,(H2,30,35)(H,31,32)/t19-,21-/m0/s1. The number of aromatic nitrogens is 2. The summed E-state index contributed by atoms with van der Waals surface area (Å²) in [6.45, 7) is 2.69. The lowest BCUT2D eigenvalue weighted by Gasteiger charge is -2.19. The lowest BCUT2D eigenvalue weighted by molar-refractivity contribution is 0.0651. The highest BCUT2D eigenvalue weighted by atomic mass is 16.5. The van der Waals surface area contributed by atoms with Crippen molar-refractivity contribution in [2.24, 2.45) is 5.73 Å². The third-order valence-electron chi connectivity index (χ3n) is 6.89. The molecule has 0 radical (unpaired) electrons. The summed E-state index contributed by atoms with van der Waals surface area (Å²) in [7, 11) is 0. The van der Waals surface area contributed by atoms with Gasteiger partial charge in [0, 0.05) is 18.7 Å². The Bertz CT molecular complexity index is 1250. The normalized spacial score (nSPS) is 14.4. The van der Waals surface area contributed by atoms with Crippen LogP contribution in [0.5, 0.6) is 5.75 Å². The Morgan fingerprint density at radius 3 is 2.34 bits per heavy atom. The molecule has 4 N–H and O–H groups in total. The number of primary amides is 1. The van der Waals surface area contributed by atoms with E-state index in [0.29, 0.717) is 42.9 Å². The molecule has 0 saturated heterocycles. The minimum absolute atomic E-state index is 0.151. The molecule has 0 spiro atoms. The van der Waals surface area contributed by atoms with E-state index >= 15 is 0 Å². The average molecular weight is 519 g/mol. The number of imidazole rings is 1. The number of carbonyl (C=O) groups is 3. The van der Waals surface area contributed by atoms with Crippen LogP contribution in [0.4, 0.5) is 0 Å². The molecule has 9 nitrogen and oxygen atoms in total. The largest absolute Gasteiger partial charge is 0.493 e. The highest BCUT2D eigenvalue weighted by Gasteiger charge is 2.34. The Kier molecular flexibility index (Phi) is 8.91. The molecular formula is C29H34N4O5. The van der Waals surface area contributed by atoms with E-state index in [4.69, 9.17) is 10.5 Å². The molecule has 3 amide bonds. The molecule has 3 aromatic rings. The summed E-state index contributed by atoms with van der Waals surface area (Å²) in [5, 5.41) is 10.3. The van der Waals surface area contributed by atoms with Crippen LogP contribution in [-0.2, 0) is 6.42 Å². The molecule has 2 aromatic carbocycles. The van der Waals surface area contributed by atoms with Gasteiger partial charge in [-0.3, -0.25) is 19.3 Å². The van der Waals surface area contributed by atoms with Gasteiger partial charge in [-0.1, -0.05) is 43.2 Å². The molecule has 0 fully saturated rings. The van der Waals surface area contributed by atoms with Gasteiger partial charge in [0.1, 0.15) is 17.3 Å². The van der Waals surface area contributed by atoms with E-state index in [1.807, 2.05) is 24.3 Å². The Morgan fingerprint density at radius 1 is 1.03 bits per heavy atom.